The molecule has 1 aliphatic carbocycles. The fourth-order valence-electron chi connectivity index (χ4n) is 4.44. The van der Waals surface area contributed by atoms with Crippen molar-refractivity contribution in [2.45, 2.75) is 75.0 Å². The number of halogens is 2. The predicted molar refractivity (Wildman–Crippen MR) is 82.6 cm³/mol. The first-order chi connectivity index (χ1) is 11.4. The molecule has 3 aliphatic rings. The standard InChI is InChI=1S/C17H27F2NO4/c18-17(19,16(23)7-2-1-3-8-16)15(22)20-9-4-5-13(20)12-11-24-10-6-14(12)21/h12-14,21,23H,1-11H2/t12-,13+,14+/m0/s1. The van der Waals surface area contributed by atoms with Gasteiger partial charge in [-0.15, -0.1) is 0 Å². The Labute approximate surface area is 141 Å². The third-order valence-electron chi connectivity index (χ3n) is 5.95. The van der Waals surface area contributed by atoms with Crippen LogP contribution in [0.2, 0.25) is 0 Å². The fourth-order valence-corrected chi connectivity index (χ4v) is 4.44. The smallest absolute Gasteiger partial charge is 0.352 e. The number of aliphatic hydroxyl groups excluding tert-OH is 1. The highest BCUT2D eigenvalue weighted by Gasteiger charge is 2.60. The van der Waals surface area contributed by atoms with Gasteiger partial charge >= 0.3 is 5.92 Å². The Morgan fingerprint density at radius 2 is 1.88 bits per heavy atom. The molecule has 7 heteroatoms. The van der Waals surface area contributed by atoms with E-state index in [9.17, 15) is 23.8 Å². The molecule has 5 nitrogen and oxygen atoms in total. The highest BCUT2D eigenvalue weighted by molar-refractivity contribution is 5.85. The first kappa shape index (κ1) is 18.0. The Kier molecular flexibility index (Phi) is 5.14. The molecule has 1 saturated carbocycles. The zero-order valence-electron chi connectivity index (χ0n) is 13.9. The van der Waals surface area contributed by atoms with Gasteiger partial charge in [0, 0.05) is 25.1 Å². The van der Waals surface area contributed by atoms with Crippen molar-refractivity contribution in [3.63, 3.8) is 0 Å². The number of aliphatic hydroxyl groups is 2. The van der Waals surface area contributed by atoms with E-state index in [-0.39, 0.29) is 31.9 Å². The van der Waals surface area contributed by atoms with E-state index < -0.39 is 29.6 Å². The second-order valence-electron chi connectivity index (χ2n) is 7.47. The third-order valence-corrected chi connectivity index (χ3v) is 5.95. The fraction of sp³-hybridized carbons (Fsp3) is 0.941. The van der Waals surface area contributed by atoms with Gasteiger partial charge in [-0.25, -0.2) is 0 Å². The largest absolute Gasteiger partial charge is 0.393 e. The van der Waals surface area contributed by atoms with Crippen LogP contribution in [-0.2, 0) is 9.53 Å². The van der Waals surface area contributed by atoms with E-state index in [4.69, 9.17) is 4.74 Å². The molecule has 2 heterocycles. The van der Waals surface area contributed by atoms with Gasteiger partial charge in [0.1, 0.15) is 5.60 Å². The zero-order valence-corrected chi connectivity index (χ0v) is 13.9. The highest BCUT2D eigenvalue weighted by Crippen LogP contribution is 2.43. The van der Waals surface area contributed by atoms with Crippen molar-refractivity contribution in [3.8, 4) is 0 Å². The van der Waals surface area contributed by atoms with Crippen LogP contribution >= 0.6 is 0 Å². The van der Waals surface area contributed by atoms with Crippen molar-refractivity contribution in [2.75, 3.05) is 19.8 Å². The summed E-state index contributed by atoms with van der Waals surface area (Å²) >= 11 is 0. The number of likely N-dealkylation sites (tertiary alicyclic amines) is 1. The van der Waals surface area contributed by atoms with Gasteiger partial charge in [0.2, 0.25) is 0 Å². The second kappa shape index (κ2) is 6.84. The molecule has 2 N–H and O–H groups in total. The maximum Gasteiger partial charge on any atom is 0.352 e. The lowest BCUT2D eigenvalue weighted by Gasteiger charge is -2.42. The van der Waals surface area contributed by atoms with Gasteiger partial charge in [0.25, 0.3) is 5.91 Å². The van der Waals surface area contributed by atoms with Crippen molar-refractivity contribution in [1.82, 2.24) is 4.90 Å². The van der Waals surface area contributed by atoms with Gasteiger partial charge in [-0.1, -0.05) is 19.3 Å². The number of nitrogens with zero attached hydrogens (tertiary/aromatic N) is 1. The molecular weight excluding hydrogens is 320 g/mol. The van der Waals surface area contributed by atoms with Crippen LogP contribution in [0.1, 0.15) is 51.4 Å². The normalized spacial score (nSPS) is 34.3. The SMILES string of the molecule is O=C(N1CCC[C@@H]1[C@@H]1COCC[C@H]1O)C(F)(F)C1(O)CCCCC1. The molecular formula is C17H27F2NO4. The van der Waals surface area contributed by atoms with Crippen molar-refractivity contribution in [3.05, 3.63) is 0 Å². The Morgan fingerprint density at radius 1 is 1.17 bits per heavy atom. The Balaban J connectivity index is 1.77. The monoisotopic (exact) mass is 347 g/mol. The Hall–Kier alpha value is -0.790. The Morgan fingerprint density at radius 3 is 2.54 bits per heavy atom. The Bertz CT molecular complexity index is 468. The van der Waals surface area contributed by atoms with Crippen molar-refractivity contribution in [2.24, 2.45) is 5.92 Å². The molecule has 0 spiro atoms. The van der Waals surface area contributed by atoms with Gasteiger partial charge in [-0.2, -0.15) is 8.78 Å². The van der Waals surface area contributed by atoms with Crippen molar-refractivity contribution < 1.29 is 28.5 Å². The highest BCUT2D eigenvalue weighted by atomic mass is 19.3. The topological polar surface area (TPSA) is 70.0 Å². The maximum absolute atomic E-state index is 14.8. The number of hydrogen-bond donors (Lipinski definition) is 2. The van der Waals surface area contributed by atoms with Crippen LogP contribution < -0.4 is 0 Å². The lowest BCUT2D eigenvalue weighted by molar-refractivity contribution is -0.212. The summed E-state index contributed by atoms with van der Waals surface area (Å²) < 4.78 is 35.1. The first-order valence-electron chi connectivity index (χ1n) is 9.04. The van der Waals surface area contributed by atoms with Crippen molar-refractivity contribution in [1.29, 1.82) is 0 Å². The lowest BCUT2D eigenvalue weighted by atomic mass is 9.79. The summed E-state index contributed by atoms with van der Waals surface area (Å²) in [5.41, 5.74) is -2.24. The molecule has 138 valence electrons. The van der Waals surface area contributed by atoms with Crippen molar-refractivity contribution >= 4 is 5.91 Å². The third kappa shape index (κ3) is 3.06. The quantitative estimate of drug-likeness (QED) is 0.815. The van der Waals surface area contributed by atoms with E-state index in [1.807, 2.05) is 0 Å². The van der Waals surface area contributed by atoms with Gasteiger partial charge in [-0.3, -0.25) is 4.79 Å². The molecule has 0 unspecified atom stereocenters. The second-order valence-corrected chi connectivity index (χ2v) is 7.47. The zero-order chi connectivity index (χ0) is 17.4. The minimum Gasteiger partial charge on any atom is -0.393 e. The summed E-state index contributed by atoms with van der Waals surface area (Å²) in [6, 6.07) is -0.439. The predicted octanol–water partition coefficient (Wildman–Crippen LogP) is 1.71. The molecule has 3 atom stereocenters. The number of alkyl halides is 2. The summed E-state index contributed by atoms with van der Waals surface area (Å²) in [5, 5.41) is 20.6. The van der Waals surface area contributed by atoms with E-state index in [2.05, 4.69) is 0 Å². The molecule has 3 fully saturated rings. The molecule has 24 heavy (non-hydrogen) atoms. The molecule has 0 aromatic heterocycles. The van der Waals surface area contributed by atoms with Gasteiger partial charge in [0.15, 0.2) is 0 Å². The molecule has 3 rings (SSSR count). The summed E-state index contributed by atoms with van der Waals surface area (Å²) in [4.78, 5) is 13.8. The number of amides is 1. The number of hydrogen-bond acceptors (Lipinski definition) is 4. The molecule has 0 aromatic rings. The lowest BCUT2D eigenvalue weighted by Crippen LogP contribution is -2.61. The summed E-state index contributed by atoms with van der Waals surface area (Å²) in [6.07, 6.45) is 2.80. The maximum atomic E-state index is 14.8. The average molecular weight is 347 g/mol. The average Bonchev–Trinajstić information content (AvgIpc) is 3.04. The van der Waals surface area contributed by atoms with E-state index in [1.54, 1.807) is 0 Å². The minimum absolute atomic E-state index is 0.0423. The van der Waals surface area contributed by atoms with E-state index >= 15 is 0 Å². The van der Waals surface area contributed by atoms with Crippen LogP contribution in [0.3, 0.4) is 0 Å². The van der Waals surface area contributed by atoms with Crippen LogP contribution in [0.15, 0.2) is 0 Å². The summed E-state index contributed by atoms with van der Waals surface area (Å²) in [6.45, 7) is 0.984. The van der Waals surface area contributed by atoms with E-state index in [1.165, 1.54) is 4.90 Å². The molecule has 2 saturated heterocycles. The first-order valence-corrected chi connectivity index (χ1v) is 9.04. The molecule has 1 amide bonds. The molecule has 0 radical (unpaired) electrons. The van der Waals surface area contributed by atoms with Crippen LogP contribution in [-0.4, -0.2) is 64.4 Å². The number of rotatable bonds is 3. The van der Waals surface area contributed by atoms with Gasteiger partial charge in [0.05, 0.1) is 12.7 Å². The van der Waals surface area contributed by atoms with Crippen LogP contribution in [0.25, 0.3) is 0 Å². The van der Waals surface area contributed by atoms with E-state index in [0.717, 1.165) is 6.42 Å². The molecule has 0 bridgehead atoms. The van der Waals surface area contributed by atoms with Crippen LogP contribution in [0.4, 0.5) is 8.78 Å². The van der Waals surface area contributed by atoms with Gasteiger partial charge < -0.3 is 19.8 Å². The number of ether oxygens (including phenoxy) is 1. The molecule has 0 aromatic carbocycles. The van der Waals surface area contributed by atoms with E-state index in [0.29, 0.717) is 38.7 Å². The van der Waals surface area contributed by atoms with Gasteiger partial charge in [-0.05, 0) is 32.1 Å². The van der Waals surface area contributed by atoms with Crippen LogP contribution in [0.5, 0.6) is 0 Å². The summed E-state index contributed by atoms with van der Waals surface area (Å²) in [7, 11) is 0. The number of carbonyl (C=O) groups is 1. The molecule has 2 aliphatic heterocycles. The minimum atomic E-state index is -3.78. The number of carbonyl (C=O) groups excluding carboxylic acids is 1. The van der Waals surface area contributed by atoms with Crippen LogP contribution in [0, 0.1) is 5.92 Å². The summed E-state index contributed by atoms with van der Waals surface area (Å²) in [5.74, 6) is -5.40.